The molecule has 0 N–H and O–H groups in total. The lowest BCUT2D eigenvalue weighted by molar-refractivity contribution is 0.0587. The van der Waals surface area contributed by atoms with Crippen LogP contribution in [-0.4, -0.2) is 49.7 Å². The fraction of sp³-hybridized carbons (Fsp3) is 0.368. The molecule has 0 aliphatic carbocycles. The number of hydrogen-bond donors (Lipinski definition) is 0. The first-order chi connectivity index (χ1) is 12.6. The van der Waals surface area contributed by atoms with Crippen molar-refractivity contribution in [2.75, 3.05) is 13.1 Å². The van der Waals surface area contributed by atoms with Gasteiger partial charge in [-0.15, -0.1) is 0 Å². The molecule has 0 spiro atoms. The van der Waals surface area contributed by atoms with E-state index in [1.807, 2.05) is 43.1 Å². The molecule has 134 valence electrons. The van der Waals surface area contributed by atoms with E-state index in [2.05, 4.69) is 15.1 Å². The van der Waals surface area contributed by atoms with Crippen molar-refractivity contribution in [1.29, 1.82) is 0 Å². The van der Waals surface area contributed by atoms with E-state index in [0.29, 0.717) is 24.5 Å². The van der Waals surface area contributed by atoms with E-state index in [9.17, 15) is 4.79 Å². The fourth-order valence-electron chi connectivity index (χ4n) is 3.37. The lowest BCUT2D eigenvalue weighted by atomic mass is 10.1. The third-order valence-electron chi connectivity index (χ3n) is 4.76. The number of hydrogen-bond acceptors (Lipinski definition) is 5. The summed E-state index contributed by atoms with van der Waals surface area (Å²) in [5.74, 6) is 0.651. The number of aromatic nitrogens is 4. The molecule has 3 aromatic rings. The van der Waals surface area contributed by atoms with E-state index in [-0.39, 0.29) is 12.0 Å². The van der Waals surface area contributed by atoms with Crippen LogP contribution in [0.25, 0.3) is 11.0 Å². The molecule has 0 unspecified atom stereocenters. The van der Waals surface area contributed by atoms with Crippen molar-refractivity contribution in [2.45, 2.75) is 25.9 Å². The van der Waals surface area contributed by atoms with Crippen LogP contribution in [0.4, 0.5) is 0 Å². The molecular formula is C19H21N5O2. The summed E-state index contributed by atoms with van der Waals surface area (Å²) < 4.78 is 7.63. The molecule has 1 aliphatic heterocycles. The number of carbonyl (C=O) groups excluding carboxylic acids is 1. The first-order valence-corrected chi connectivity index (χ1v) is 8.78. The summed E-state index contributed by atoms with van der Waals surface area (Å²) in [6.07, 6.45) is 5.04. The SMILES string of the molecule is Cc1nn(C)c2ncc(C(=O)N3CCC(Oc4ccccn4)CC3)cc12. The number of fused-ring (bicyclic) bond motifs is 1. The van der Waals surface area contributed by atoms with Crippen LogP contribution in [0.1, 0.15) is 28.9 Å². The van der Waals surface area contributed by atoms with Crippen molar-refractivity contribution in [3.63, 3.8) is 0 Å². The molecular weight excluding hydrogens is 330 g/mol. The Hall–Kier alpha value is -2.96. The van der Waals surface area contributed by atoms with Gasteiger partial charge in [0, 0.05) is 56.8 Å². The van der Waals surface area contributed by atoms with Crippen molar-refractivity contribution < 1.29 is 9.53 Å². The third kappa shape index (κ3) is 3.12. The first kappa shape index (κ1) is 16.5. The number of piperidine rings is 1. The van der Waals surface area contributed by atoms with Gasteiger partial charge in [-0.2, -0.15) is 5.10 Å². The predicted octanol–water partition coefficient (Wildman–Crippen LogP) is 2.36. The summed E-state index contributed by atoms with van der Waals surface area (Å²) in [7, 11) is 1.86. The topological polar surface area (TPSA) is 73.1 Å². The third-order valence-corrected chi connectivity index (χ3v) is 4.76. The molecule has 7 nitrogen and oxygen atoms in total. The zero-order chi connectivity index (χ0) is 18.1. The van der Waals surface area contributed by atoms with Crippen LogP contribution in [-0.2, 0) is 7.05 Å². The number of ether oxygens (including phenoxy) is 1. The van der Waals surface area contributed by atoms with Gasteiger partial charge in [0.25, 0.3) is 5.91 Å². The van der Waals surface area contributed by atoms with Crippen LogP contribution >= 0.6 is 0 Å². The average molecular weight is 351 g/mol. The minimum Gasteiger partial charge on any atom is -0.474 e. The minimum atomic E-state index is 0.0129. The summed E-state index contributed by atoms with van der Waals surface area (Å²) in [6, 6.07) is 7.52. The van der Waals surface area contributed by atoms with E-state index in [1.165, 1.54) is 0 Å². The van der Waals surface area contributed by atoms with Crippen LogP contribution in [0.2, 0.25) is 0 Å². The fourth-order valence-corrected chi connectivity index (χ4v) is 3.37. The molecule has 1 saturated heterocycles. The molecule has 1 amide bonds. The van der Waals surface area contributed by atoms with Gasteiger partial charge in [0.05, 0.1) is 11.3 Å². The maximum atomic E-state index is 12.8. The second kappa shape index (κ2) is 6.74. The van der Waals surface area contributed by atoms with Gasteiger partial charge < -0.3 is 9.64 Å². The molecule has 0 atom stereocenters. The number of rotatable bonds is 3. The van der Waals surface area contributed by atoms with Gasteiger partial charge in [0.15, 0.2) is 5.65 Å². The van der Waals surface area contributed by atoms with Crippen molar-refractivity contribution in [3.05, 3.63) is 47.9 Å². The van der Waals surface area contributed by atoms with Crippen LogP contribution in [0, 0.1) is 6.92 Å². The van der Waals surface area contributed by atoms with E-state index in [0.717, 1.165) is 29.6 Å². The molecule has 0 bridgehead atoms. The monoisotopic (exact) mass is 351 g/mol. The number of likely N-dealkylation sites (tertiary alicyclic amines) is 1. The maximum Gasteiger partial charge on any atom is 0.255 e. The normalized spacial score (nSPS) is 15.4. The quantitative estimate of drug-likeness (QED) is 0.724. The number of nitrogens with zero attached hydrogens (tertiary/aromatic N) is 5. The van der Waals surface area contributed by atoms with Gasteiger partial charge in [-0.25, -0.2) is 9.97 Å². The highest BCUT2D eigenvalue weighted by atomic mass is 16.5. The summed E-state index contributed by atoms with van der Waals surface area (Å²) in [6.45, 7) is 3.26. The number of aryl methyl sites for hydroxylation is 2. The van der Waals surface area contributed by atoms with E-state index in [4.69, 9.17) is 4.74 Å². The van der Waals surface area contributed by atoms with Gasteiger partial charge in [0.1, 0.15) is 6.10 Å². The van der Waals surface area contributed by atoms with Crippen LogP contribution in [0.15, 0.2) is 36.7 Å². The van der Waals surface area contributed by atoms with Crippen molar-refractivity contribution >= 4 is 16.9 Å². The molecule has 0 saturated carbocycles. The van der Waals surface area contributed by atoms with Crippen LogP contribution < -0.4 is 4.74 Å². The average Bonchev–Trinajstić information content (AvgIpc) is 2.96. The second-order valence-electron chi connectivity index (χ2n) is 6.58. The lowest BCUT2D eigenvalue weighted by Crippen LogP contribution is -2.41. The van der Waals surface area contributed by atoms with Gasteiger partial charge >= 0.3 is 0 Å². The number of carbonyl (C=O) groups is 1. The van der Waals surface area contributed by atoms with Crippen molar-refractivity contribution in [1.82, 2.24) is 24.6 Å². The molecule has 4 rings (SSSR count). The first-order valence-electron chi connectivity index (χ1n) is 8.78. The molecule has 26 heavy (non-hydrogen) atoms. The van der Waals surface area contributed by atoms with Crippen LogP contribution in [0.3, 0.4) is 0 Å². The zero-order valence-electron chi connectivity index (χ0n) is 14.9. The highest BCUT2D eigenvalue weighted by Gasteiger charge is 2.25. The Morgan fingerprint density at radius 3 is 2.77 bits per heavy atom. The Kier molecular flexibility index (Phi) is 4.28. The predicted molar refractivity (Wildman–Crippen MR) is 97.0 cm³/mol. The Bertz CT molecular complexity index is 930. The second-order valence-corrected chi connectivity index (χ2v) is 6.58. The molecule has 0 aromatic carbocycles. The molecule has 7 heteroatoms. The van der Waals surface area contributed by atoms with E-state index < -0.39 is 0 Å². The van der Waals surface area contributed by atoms with Crippen molar-refractivity contribution in [3.8, 4) is 5.88 Å². The molecule has 0 radical (unpaired) electrons. The standard InChI is InChI=1S/C19H21N5O2/c1-13-16-11-14(12-21-18(16)23(2)22-13)19(25)24-9-6-15(7-10-24)26-17-5-3-4-8-20-17/h3-5,8,11-12,15H,6-7,9-10H2,1-2H3. The summed E-state index contributed by atoms with van der Waals surface area (Å²) in [4.78, 5) is 23.3. The van der Waals surface area contributed by atoms with Crippen molar-refractivity contribution in [2.24, 2.45) is 7.05 Å². The van der Waals surface area contributed by atoms with Gasteiger partial charge in [0.2, 0.25) is 5.88 Å². The number of pyridine rings is 2. The molecule has 3 aromatic heterocycles. The number of amides is 1. The largest absolute Gasteiger partial charge is 0.474 e. The highest BCUT2D eigenvalue weighted by Crippen LogP contribution is 2.21. The van der Waals surface area contributed by atoms with Crippen LogP contribution in [0.5, 0.6) is 5.88 Å². The van der Waals surface area contributed by atoms with E-state index in [1.54, 1.807) is 17.1 Å². The summed E-state index contributed by atoms with van der Waals surface area (Å²) in [5, 5.41) is 5.28. The minimum absolute atomic E-state index is 0.0129. The molecule has 1 aliphatic rings. The summed E-state index contributed by atoms with van der Waals surface area (Å²) in [5.41, 5.74) is 2.28. The molecule has 4 heterocycles. The highest BCUT2D eigenvalue weighted by molar-refractivity contribution is 5.97. The summed E-state index contributed by atoms with van der Waals surface area (Å²) >= 11 is 0. The smallest absolute Gasteiger partial charge is 0.255 e. The van der Waals surface area contributed by atoms with Gasteiger partial charge in [-0.05, 0) is 19.1 Å². The Labute approximate surface area is 151 Å². The Morgan fingerprint density at radius 1 is 1.23 bits per heavy atom. The zero-order valence-corrected chi connectivity index (χ0v) is 14.9. The van der Waals surface area contributed by atoms with Gasteiger partial charge in [-0.3, -0.25) is 9.48 Å². The lowest BCUT2D eigenvalue weighted by Gasteiger charge is -2.31. The van der Waals surface area contributed by atoms with E-state index >= 15 is 0 Å². The van der Waals surface area contributed by atoms with Gasteiger partial charge in [-0.1, -0.05) is 6.07 Å². The Morgan fingerprint density at radius 2 is 2.04 bits per heavy atom. The maximum absolute atomic E-state index is 12.8. The Balaban J connectivity index is 1.43. The molecule has 1 fully saturated rings.